The van der Waals surface area contributed by atoms with Crippen LogP contribution in [0.5, 0.6) is 0 Å². The van der Waals surface area contributed by atoms with Gasteiger partial charge in [-0.3, -0.25) is 13.9 Å². The first-order valence-electron chi connectivity index (χ1n) is 10.8. The lowest BCUT2D eigenvalue weighted by Gasteiger charge is -2.32. The molecule has 0 fully saturated rings. The molecule has 198 valence electrons. The van der Waals surface area contributed by atoms with Crippen LogP contribution in [0.4, 0.5) is 5.69 Å². The predicted molar refractivity (Wildman–Crippen MR) is 148 cm³/mol. The smallest absolute Gasteiger partial charge is 0.244 e. The molecule has 7 nitrogen and oxygen atoms in total. The molecule has 0 radical (unpaired) electrons. The van der Waals surface area contributed by atoms with Crippen molar-refractivity contribution in [1.29, 1.82) is 0 Å². The van der Waals surface area contributed by atoms with Crippen molar-refractivity contribution in [2.75, 3.05) is 23.7 Å². The highest BCUT2D eigenvalue weighted by Crippen LogP contribution is 2.36. The molecule has 1 atom stereocenters. The van der Waals surface area contributed by atoms with Crippen LogP contribution in [0.25, 0.3) is 0 Å². The van der Waals surface area contributed by atoms with E-state index >= 15 is 0 Å². The molecule has 13 heteroatoms. The molecule has 0 spiro atoms. The average molecular weight is 618 g/mol. The fourth-order valence-corrected chi connectivity index (χ4v) is 5.25. The van der Waals surface area contributed by atoms with E-state index in [1.807, 2.05) is 13.8 Å². The van der Waals surface area contributed by atoms with E-state index in [1.165, 1.54) is 24.0 Å². The molecule has 0 aromatic heterocycles. The van der Waals surface area contributed by atoms with Crippen molar-refractivity contribution in [1.82, 2.24) is 10.2 Å². The van der Waals surface area contributed by atoms with Crippen LogP contribution in [0, 0.1) is 5.92 Å². The maximum Gasteiger partial charge on any atom is 0.244 e. The normalized spacial score (nSPS) is 12.4. The first kappa shape index (κ1) is 30.8. The van der Waals surface area contributed by atoms with Crippen LogP contribution >= 0.6 is 58.0 Å². The summed E-state index contributed by atoms with van der Waals surface area (Å²) in [6.45, 7) is 4.99. The molecule has 2 aromatic carbocycles. The molecule has 0 saturated carbocycles. The maximum absolute atomic E-state index is 13.6. The van der Waals surface area contributed by atoms with Crippen molar-refractivity contribution < 1.29 is 18.0 Å². The Morgan fingerprint density at radius 2 is 1.47 bits per heavy atom. The quantitative estimate of drug-likeness (QED) is 0.336. The van der Waals surface area contributed by atoms with Gasteiger partial charge in [0, 0.05) is 28.7 Å². The van der Waals surface area contributed by atoms with E-state index in [4.69, 9.17) is 58.0 Å². The van der Waals surface area contributed by atoms with Gasteiger partial charge in [0.2, 0.25) is 21.8 Å². The summed E-state index contributed by atoms with van der Waals surface area (Å²) in [5, 5.41) is 3.53. The van der Waals surface area contributed by atoms with Gasteiger partial charge in [0.05, 0.1) is 27.0 Å². The van der Waals surface area contributed by atoms with Crippen molar-refractivity contribution in [3.63, 3.8) is 0 Å². The number of hydrogen-bond donors (Lipinski definition) is 1. The van der Waals surface area contributed by atoms with Gasteiger partial charge < -0.3 is 10.2 Å². The Balaban J connectivity index is 2.50. The third-order valence-corrected chi connectivity index (χ3v) is 8.04. The molecule has 0 aliphatic carbocycles. The van der Waals surface area contributed by atoms with Crippen LogP contribution in [-0.2, 0) is 26.2 Å². The first-order chi connectivity index (χ1) is 16.6. The number of hydrogen-bond acceptors (Lipinski definition) is 4. The highest BCUT2D eigenvalue weighted by molar-refractivity contribution is 7.92. The van der Waals surface area contributed by atoms with Gasteiger partial charge in [-0.25, -0.2) is 8.42 Å². The highest BCUT2D eigenvalue weighted by Gasteiger charge is 2.32. The lowest BCUT2D eigenvalue weighted by Crippen LogP contribution is -2.51. The number of amides is 2. The van der Waals surface area contributed by atoms with Crippen LogP contribution in [0.1, 0.15) is 26.3 Å². The minimum atomic E-state index is -4.01. The third kappa shape index (κ3) is 8.04. The summed E-state index contributed by atoms with van der Waals surface area (Å²) < 4.78 is 26.2. The number of carbonyl (C=O) groups is 2. The fraction of sp³-hybridized carbons (Fsp3) is 0.391. The Morgan fingerprint density at radius 3 is 2.00 bits per heavy atom. The Labute approximate surface area is 236 Å². The summed E-state index contributed by atoms with van der Waals surface area (Å²) in [5.74, 6) is -0.926. The zero-order valence-corrected chi connectivity index (χ0v) is 24.6. The van der Waals surface area contributed by atoms with Gasteiger partial charge in [0.25, 0.3) is 0 Å². The highest BCUT2D eigenvalue weighted by atomic mass is 35.5. The minimum absolute atomic E-state index is 0.0222. The Bertz CT molecular complexity index is 1220. The van der Waals surface area contributed by atoms with Gasteiger partial charge in [-0.05, 0) is 37.1 Å². The zero-order valence-electron chi connectivity index (χ0n) is 20.0. The van der Waals surface area contributed by atoms with Gasteiger partial charge in [0.15, 0.2) is 0 Å². The molecule has 0 unspecified atom stereocenters. The van der Waals surface area contributed by atoms with Crippen LogP contribution in [0.15, 0.2) is 30.3 Å². The molecule has 0 saturated heterocycles. The molecular formula is C23H26Cl5N3O4S. The number of carbonyl (C=O) groups excluding carboxylic acids is 2. The van der Waals surface area contributed by atoms with Crippen molar-refractivity contribution in [2.45, 2.75) is 33.4 Å². The van der Waals surface area contributed by atoms with E-state index in [-0.39, 0.29) is 33.2 Å². The molecule has 0 aliphatic rings. The molecule has 0 bridgehead atoms. The standard InChI is InChI=1S/C23H26Cl5N3O4S/c1-13(2)10-29-23(33)14(3)30(11-15-16(24)6-5-7-17(15)25)22(32)12-31(36(4,34)35)21-9-19(27)18(26)8-20(21)28/h5-9,13-14H,10-12H2,1-4H3,(H,29,33)/t14-/m1/s1. The van der Waals surface area contributed by atoms with Gasteiger partial charge in [0.1, 0.15) is 12.6 Å². The lowest BCUT2D eigenvalue weighted by molar-refractivity contribution is -0.139. The largest absolute Gasteiger partial charge is 0.354 e. The first-order valence-corrected chi connectivity index (χ1v) is 14.5. The zero-order chi connectivity index (χ0) is 27.4. The number of anilines is 1. The van der Waals surface area contributed by atoms with E-state index < -0.39 is 34.4 Å². The molecular weight excluding hydrogens is 592 g/mol. The second-order valence-electron chi connectivity index (χ2n) is 8.52. The van der Waals surface area contributed by atoms with Crippen molar-refractivity contribution in [3.05, 3.63) is 61.0 Å². The second kappa shape index (κ2) is 12.9. The van der Waals surface area contributed by atoms with E-state index in [1.54, 1.807) is 18.2 Å². The van der Waals surface area contributed by atoms with Crippen LogP contribution in [0.3, 0.4) is 0 Å². The van der Waals surface area contributed by atoms with Gasteiger partial charge in [-0.2, -0.15) is 0 Å². The van der Waals surface area contributed by atoms with E-state index in [9.17, 15) is 18.0 Å². The number of nitrogens with zero attached hydrogens (tertiary/aromatic N) is 2. The van der Waals surface area contributed by atoms with E-state index in [2.05, 4.69) is 5.32 Å². The molecule has 2 aromatic rings. The van der Waals surface area contributed by atoms with E-state index in [0.717, 1.165) is 10.6 Å². The van der Waals surface area contributed by atoms with Gasteiger partial charge >= 0.3 is 0 Å². The topological polar surface area (TPSA) is 86.8 Å². The fourth-order valence-electron chi connectivity index (χ4n) is 3.19. The van der Waals surface area contributed by atoms with Gasteiger partial charge in [-0.15, -0.1) is 0 Å². The summed E-state index contributed by atoms with van der Waals surface area (Å²) in [6.07, 6.45) is 0.924. The number of sulfonamides is 1. The number of nitrogens with one attached hydrogen (secondary N) is 1. The monoisotopic (exact) mass is 615 g/mol. The molecule has 1 N–H and O–H groups in total. The second-order valence-corrected chi connectivity index (χ2v) is 12.5. The summed E-state index contributed by atoms with van der Waals surface area (Å²) in [6, 6.07) is 6.42. The number of rotatable bonds is 10. The van der Waals surface area contributed by atoms with Crippen molar-refractivity contribution >= 4 is 85.5 Å². The van der Waals surface area contributed by atoms with Crippen molar-refractivity contribution in [3.8, 4) is 0 Å². The van der Waals surface area contributed by atoms with Crippen molar-refractivity contribution in [2.24, 2.45) is 5.92 Å². The summed E-state index contributed by atoms with van der Waals surface area (Å²) in [7, 11) is -4.01. The third-order valence-electron chi connectivity index (χ3n) is 5.18. The summed E-state index contributed by atoms with van der Waals surface area (Å²) in [4.78, 5) is 27.7. The minimum Gasteiger partial charge on any atom is -0.354 e. The van der Waals surface area contributed by atoms with Crippen LogP contribution in [-0.4, -0.2) is 50.5 Å². The molecule has 2 amide bonds. The lowest BCUT2D eigenvalue weighted by atomic mass is 10.1. The molecule has 36 heavy (non-hydrogen) atoms. The predicted octanol–water partition coefficient (Wildman–Crippen LogP) is 5.91. The van der Waals surface area contributed by atoms with Gasteiger partial charge in [-0.1, -0.05) is 77.9 Å². The molecule has 0 aliphatic heterocycles. The SMILES string of the molecule is CC(C)CNC(=O)[C@@H](C)N(Cc1c(Cl)cccc1Cl)C(=O)CN(c1cc(Cl)c(Cl)cc1Cl)S(C)(=O)=O. The molecule has 0 heterocycles. The Hall–Kier alpha value is -1.42. The summed E-state index contributed by atoms with van der Waals surface area (Å²) >= 11 is 30.9. The van der Waals surface area contributed by atoms with Crippen LogP contribution < -0.4 is 9.62 Å². The summed E-state index contributed by atoms with van der Waals surface area (Å²) in [5.41, 5.74) is 0.380. The Morgan fingerprint density at radius 1 is 0.917 bits per heavy atom. The average Bonchev–Trinajstić information content (AvgIpc) is 2.77. The van der Waals surface area contributed by atoms with Crippen LogP contribution in [0.2, 0.25) is 25.1 Å². The number of benzene rings is 2. The van der Waals surface area contributed by atoms with E-state index in [0.29, 0.717) is 22.2 Å². The Kier molecular flexibility index (Phi) is 11.0. The number of halogens is 5. The molecule has 2 rings (SSSR count). The maximum atomic E-state index is 13.6.